The zero-order valence-electron chi connectivity index (χ0n) is 25.1. The number of quaternary nitrogens is 1. The number of benzene rings is 3. The van der Waals surface area contributed by atoms with Crippen LogP contribution in [0, 0.1) is 0 Å². The van der Waals surface area contributed by atoms with E-state index in [1.54, 1.807) is 21.3 Å². The maximum absolute atomic E-state index is 13.9. The molecule has 1 atom stereocenters. The van der Waals surface area contributed by atoms with Gasteiger partial charge in [-0.25, -0.2) is 0 Å². The highest BCUT2D eigenvalue weighted by molar-refractivity contribution is 9.10. The van der Waals surface area contributed by atoms with Crippen LogP contribution in [0.2, 0.25) is 0 Å². The molecule has 0 radical (unpaired) electrons. The Balaban J connectivity index is 0.00000484. The second kappa shape index (κ2) is 15.6. The molecule has 3 aromatic carbocycles. The summed E-state index contributed by atoms with van der Waals surface area (Å²) in [5.74, 6) is 1.61. The van der Waals surface area contributed by atoms with Gasteiger partial charge in [-0.05, 0) is 69.0 Å². The highest BCUT2D eigenvalue weighted by Crippen LogP contribution is 2.50. The topological polar surface area (TPSA) is 48.0 Å². The van der Waals surface area contributed by atoms with Gasteiger partial charge in [0, 0.05) is 26.6 Å². The molecular formula is C33H41Br3N2O4. The third kappa shape index (κ3) is 7.52. The lowest BCUT2D eigenvalue weighted by Crippen LogP contribution is -3.00. The first-order valence-electron chi connectivity index (χ1n) is 14.3. The first kappa shape index (κ1) is 34.4. The highest BCUT2D eigenvalue weighted by atomic mass is 79.9. The standard InChI is InChI=1S/C33H41Br2N2O4.BrH/c1-6-37(7-2,22-24-12-16-26(35)17-13-24)19-9-8-18-36-28(20-23-10-14-25(34)15-11-23)30-27(33(36)38)21-29(39-3)31(40-4)32(30)41-5;/h10-17,21,28H,6-9,18-20,22H2,1-5H3;1H/q+1;/p-1. The van der Waals surface area contributed by atoms with Crippen molar-refractivity contribution < 1.29 is 40.5 Å². The Morgan fingerprint density at radius 2 is 1.38 bits per heavy atom. The minimum absolute atomic E-state index is 0. The molecule has 0 fully saturated rings. The minimum atomic E-state index is -0.159. The maximum Gasteiger partial charge on any atom is 0.255 e. The van der Waals surface area contributed by atoms with Gasteiger partial charge in [-0.3, -0.25) is 4.79 Å². The van der Waals surface area contributed by atoms with Gasteiger partial charge in [-0.1, -0.05) is 56.1 Å². The fourth-order valence-corrected chi connectivity index (χ4v) is 6.53. The van der Waals surface area contributed by atoms with E-state index in [-0.39, 0.29) is 28.9 Å². The van der Waals surface area contributed by atoms with E-state index in [2.05, 4.69) is 82.1 Å². The normalized spacial score (nSPS) is 14.4. The van der Waals surface area contributed by atoms with E-state index in [0.29, 0.717) is 35.8 Å². The van der Waals surface area contributed by atoms with Crippen LogP contribution < -0.4 is 31.2 Å². The lowest BCUT2D eigenvalue weighted by Gasteiger charge is -2.37. The third-order valence-electron chi connectivity index (χ3n) is 8.47. The predicted molar refractivity (Wildman–Crippen MR) is 171 cm³/mol. The molecule has 0 bridgehead atoms. The summed E-state index contributed by atoms with van der Waals surface area (Å²) in [6.45, 7) is 9.47. The summed E-state index contributed by atoms with van der Waals surface area (Å²) in [6.07, 6.45) is 2.64. The largest absolute Gasteiger partial charge is 1.00 e. The maximum atomic E-state index is 13.9. The number of carbonyl (C=O) groups is 1. The van der Waals surface area contributed by atoms with Gasteiger partial charge < -0.3 is 40.6 Å². The van der Waals surface area contributed by atoms with Crippen molar-refractivity contribution in [3.8, 4) is 17.2 Å². The highest BCUT2D eigenvalue weighted by Gasteiger charge is 2.41. The van der Waals surface area contributed by atoms with Crippen LogP contribution in [0.1, 0.15) is 59.8 Å². The Labute approximate surface area is 277 Å². The molecule has 3 aromatic rings. The summed E-state index contributed by atoms with van der Waals surface area (Å²) < 4.78 is 20.3. The Bertz CT molecular complexity index is 1330. The van der Waals surface area contributed by atoms with Crippen molar-refractivity contribution in [3.63, 3.8) is 0 Å². The molecule has 1 aliphatic heterocycles. The minimum Gasteiger partial charge on any atom is -1.00 e. The summed E-state index contributed by atoms with van der Waals surface area (Å²) in [5.41, 5.74) is 4.01. The molecule has 228 valence electrons. The molecule has 6 nitrogen and oxygen atoms in total. The van der Waals surface area contributed by atoms with Crippen LogP contribution in [0.3, 0.4) is 0 Å². The van der Waals surface area contributed by atoms with E-state index in [9.17, 15) is 4.79 Å². The molecule has 0 saturated carbocycles. The first-order valence-corrected chi connectivity index (χ1v) is 15.9. The van der Waals surface area contributed by atoms with Gasteiger partial charge in [0.05, 0.1) is 52.6 Å². The second-order valence-corrected chi connectivity index (χ2v) is 12.5. The predicted octanol–water partition coefficient (Wildman–Crippen LogP) is 4.82. The molecule has 4 rings (SSSR count). The molecule has 0 spiro atoms. The first-order chi connectivity index (χ1) is 19.8. The van der Waals surface area contributed by atoms with Gasteiger partial charge in [0.25, 0.3) is 5.91 Å². The Kier molecular flexibility index (Phi) is 12.8. The molecular weight excluding hydrogens is 728 g/mol. The second-order valence-electron chi connectivity index (χ2n) is 10.6. The van der Waals surface area contributed by atoms with Crippen molar-refractivity contribution in [2.45, 2.75) is 45.7 Å². The van der Waals surface area contributed by atoms with E-state index >= 15 is 0 Å². The summed E-state index contributed by atoms with van der Waals surface area (Å²) >= 11 is 7.09. The molecule has 0 aliphatic carbocycles. The summed E-state index contributed by atoms with van der Waals surface area (Å²) in [7, 11) is 4.81. The molecule has 1 heterocycles. The number of nitrogens with zero attached hydrogens (tertiary/aromatic N) is 2. The number of halogens is 3. The van der Waals surface area contributed by atoms with Gasteiger partial charge in [0.1, 0.15) is 6.54 Å². The Hall–Kier alpha value is -2.07. The van der Waals surface area contributed by atoms with Crippen LogP contribution in [0.5, 0.6) is 17.2 Å². The van der Waals surface area contributed by atoms with Crippen molar-refractivity contribution >= 4 is 37.8 Å². The van der Waals surface area contributed by atoms with Crippen LogP contribution in [-0.4, -0.2) is 62.8 Å². The molecule has 0 N–H and O–H groups in total. The van der Waals surface area contributed by atoms with E-state index in [0.717, 1.165) is 63.6 Å². The third-order valence-corrected chi connectivity index (χ3v) is 9.52. The van der Waals surface area contributed by atoms with Crippen molar-refractivity contribution in [1.29, 1.82) is 0 Å². The molecule has 0 aromatic heterocycles. The van der Waals surface area contributed by atoms with Crippen molar-refractivity contribution in [1.82, 2.24) is 4.90 Å². The molecule has 0 saturated heterocycles. The summed E-state index contributed by atoms with van der Waals surface area (Å²) in [6, 6.07) is 18.6. The summed E-state index contributed by atoms with van der Waals surface area (Å²) in [5, 5.41) is 0. The Morgan fingerprint density at radius 1 is 0.810 bits per heavy atom. The lowest BCUT2D eigenvalue weighted by atomic mass is 9.96. The number of methoxy groups -OCH3 is 3. The summed E-state index contributed by atoms with van der Waals surface area (Å²) in [4.78, 5) is 15.9. The molecule has 1 amide bonds. The number of amides is 1. The number of unbranched alkanes of at least 4 members (excludes halogenated alkanes) is 1. The average molecular weight is 769 g/mol. The number of hydrogen-bond acceptors (Lipinski definition) is 4. The zero-order valence-corrected chi connectivity index (χ0v) is 29.8. The van der Waals surface area contributed by atoms with Crippen LogP contribution in [-0.2, 0) is 13.0 Å². The van der Waals surface area contributed by atoms with Crippen LogP contribution in [0.25, 0.3) is 0 Å². The van der Waals surface area contributed by atoms with Gasteiger partial charge >= 0.3 is 0 Å². The van der Waals surface area contributed by atoms with Crippen LogP contribution in [0.15, 0.2) is 63.5 Å². The smallest absolute Gasteiger partial charge is 0.255 e. The fraction of sp³-hybridized carbons (Fsp3) is 0.424. The van der Waals surface area contributed by atoms with E-state index in [4.69, 9.17) is 14.2 Å². The molecule has 42 heavy (non-hydrogen) atoms. The van der Waals surface area contributed by atoms with Gasteiger partial charge in [-0.15, -0.1) is 0 Å². The number of carbonyl (C=O) groups excluding carboxylic acids is 1. The monoisotopic (exact) mass is 766 g/mol. The van der Waals surface area contributed by atoms with Crippen molar-refractivity contribution in [2.75, 3.05) is 47.5 Å². The molecule has 1 aliphatic rings. The lowest BCUT2D eigenvalue weighted by molar-refractivity contribution is -0.938. The SMILES string of the molecule is CC[N+](CC)(CCCCN1C(=O)c2cc(OC)c(OC)c(OC)c2C1Cc1ccc(Br)cc1)Cc1ccc(Br)cc1.[Br-]. The zero-order chi connectivity index (χ0) is 29.6. The number of ether oxygens (including phenoxy) is 3. The Morgan fingerprint density at radius 3 is 1.90 bits per heavy atom. The number of hydrogen-bond donors (Lipinski definition) is 0. The van der Waals surface area contributed by atoms with E-state index in [1.165, 1.54) is 5.56 Å². The van der Waals surface area contributed by atoms with E-state index in [1.807, 2.05) is 23.1 Å². The van der Waals surface area contributed by atoms with Crippen LogP contribution in [0.4, 0.5) is 0 Å². The van der Waals surface area contributed by atoms with Crippen LogP contribution >= 0.6 is 31.9 Å². The average Bonchev–Trinajstić information content (AvgIpc) is 3.25. The molecule has 9 heteroatoms. The van der Waals surface area contributed by atoms with Gasteiger partial charge in [-0.2, -0.15) is 0 Å². The van der Waals surface area contributed by atoms with Crippen molar-refractivity contribution in [3.05, 3.63) is 85.8 Å². The van der Waals surface area contributed by atoms with Crippen molar-refractivity contribution in [2.24, 2.45) is 0 Å². The number of fused-ring (bicyclic) bond motifs is 1. The van der Waals surface area contributed by atoms with E-state index < -0.39 is 0 Å². The van der Waals surface area contributed by atoms with Gasteiger partial charge in [0.2, 0.25) is 5.75 Å². The van der Waals surface area contributed by atoms with Gasteiger partial charge in [0.15, 0.2) is 11.5 Å². The fourth-order valence-electron chi connectivity index (χ4n) is 6.00. The quantitative estimate of drug-likeness (QED) is 0.175. The number of rotatable bonds is 14. The molecule has 1 unspecified atom stereocenters.